The van der Waals surface area contributed by atoms with Gasteiger partial charge in [-0.25, -0.2) is 0 Å². The summed E-state index contributed by atoms with van der Waals surface area (Å²) >= 11 is 2.02. The molecule has 0 saturated heterocycles. The van der Waals surface area contributed by atoms with Crippen LogP contribution in [0.4, 0.5) is 0 Å². The Hall–Kier alpha value is -0.340. The van der Waals surface area contributed by atoms with E-state index in [0.717, 1.165) is 12.5 Å². The SMILES string of the molecule is CCCNC(CCC1CCCC1)c1ccc(C(C)(C)C)s1. The normalized spacial score (nSPS) is 18.3. The minimum atomic E-state index is 0.281. The van der Waals surface area contributed by atoms with Crippen LogP contribution in [0.15, 0.2) is 12.1 Å². The average Bonchev–Trinajstić information content (AvgIpc) is 3.09. The summed E-state index contributed by atoms with van der Waals surface area (Å²) in [6, 6.07) is 5.29. The maximum absolute atomic E-state index is 3.78. The molecule has 0 amide bonds. The van der Waals surface area contributed by atoms with Gasteiger partial charge in [-0.1, -0.05) is 53.4 Å². The summed E-state index contributed by atoms with van der Waals surface area (Å²) in [5, 5.41) is 3.78. The highest BCUT2D eigenvalue weighted by molar-refractivity contribution is 7.12. The molecule has 0 aliphatic heterocycles. The fraction of sp³-hybridized carbons (Fsp3) is 0.789. The lowest BCUT2D eigenvalue weighted by Gasteiger charge is -2.20. The molecule has 1 N–H and O–H groups in total. The Morgan fingerprint density at radius 1 is 1.24 bits per heavy atom. The van der Waals surface area contributed by atoms with Crippen molar-refractivity contribution in [3.05, 3.63) is 21.9 Å². The van der Waals surface area contributed by atoms with Crippen molar-refractivity contribution < 1.29 is 0 Å². The molecule has 1 aromatic heterocycles. The van der Waals surface area contributed by atoms with E-state index in [1.54, 1.807) is 4.88 Å². The maximum Gasteiger partial charge on any atom is 0.0414 e. The molecule has 1 heterocycles. The van der Waals surface area contributed by atoms with E-state index in [4.69, 9.17) is 0 Å². The fourth-order valence-corrected chi connectivity index (χ4v) is 4.48. The minimum Gasteiger partial charge on any atom is -0.309 e. The third kappa shape index (κ3) is 5.10. The molecule has 1 aromatic rings. The van der Waals surface area contributed by atoms with E-state index < -0.39 is 0 Å². The zero-order valence-electron chi connectivity index (χ0n) is 14.4. The van der Waals surface area contributed by atoms with E-state index in [2.05, 4.69) is 45.1 Å². The molecule has 1 aliphatic rings. The molecule has 1 aliphatic carbocycles. The number of hydrogen-bond donors (Lipinski definition) is 1. The number of thiophene rings is 1. The summed E-state index contributed by atoms with van der Waals surface area (Å²) in [5.74, 6) is 0.998. The van der Waals surface area contributed by atoms with Crippen molar-refractivity contribution in [3.8, 4) is 0 Å². The van der Waals surface area contributed by atoms with Crippen molar-refractivity contribution in [1.82, 2.24) is 5.32 Å². The van der Waals surface area contributed by atoms with E-state index >= 15 is 0 Å². The fourth-order valence-electron chi connectivity index (χ4n) is 3.31. The Morgan fingerprint density at radius 2 is 1.95 bits per heavy atom. The third-order valence-corrected chi connectivity index (χ3v) is 6.31. The van der Waals surface area contributed by atoms with Gasteiger partial charge in [0.25, 0.3) is 0 Å². The van der Waals surface area contributed by atoms with Gasteiger partial charge < -0.3 is 5.32 Å². The maximum atomic E-state index is 3.78. The van der Waals surface area contributed by atoms with Gasteiger partial charge >= 0.3 is 0 Å². The largest absolute Gasteiger partial charge is 0.309 e. The lowest BCUT2D eigenvalue weighted by Crippen LogP contribution is -2.22. The van der Waals surface area contributed by atoms with Gasteiger partial charge in [0, 0.05) is 15.8 Å². The lowest BCUT2D eigenvalue weighted by atomic mass is 9.94. The quantitative estimate of drug-likeness (QED) is 0.646. The number of hydrogen-bond acceptors (Lipinski definition) is 2. The van der Waals surface area contributed by atoms with Crippen molar-refractivity contribution in [1.29, 1.82) is 0 Å². The Kier molecular flexibility index (Phi) is 6.31. The first kappa shape index (κ1) is 17.0. The third-order valence-electron chi connectivity index (χ3n) is 4.69. The van der Waals surface area contributed by atoms with Crippen LogP contribution >= 0.6 is 11.3 Å². The predicted molar refractivity (Wildman–Crippen MR) is 95.2 cm³/mol. The zero-order valence-corrected chi connectivity index (χ0v) is 15.2. The Bertz CT molecular complexity index is 409. The van der Waals surface area contributed by atoms with Crippen LogP contribution in [0.3, 0.4) is 0 Å². The van der Waals surface area contributed by atoms with Gasteiger partial charge in [0.2, 0.25) is 0 Å². The molecule has 1 unspecified atom stereocenters. The van der Waals surface area contributed by atoms with Crippen molar-refractivity contribution in [2.45, 2.75) is 84.1 Å². The van der Waals surface area contributed by atoms with Crippen LogP contribution in [-0.2, 0) is 5.41 Å². The molecule has 0 bridgehead atoms. The molecule has 1 nitrogen and oxygen atoms in total. The first-order valence-corrected chi connectivity index (χ1v) is 9.66. The lowest BCUT2D eigenvalue weighted by molar-refractivity contribution is 0.415. The standard InChI is InChI=1S/C19H33NS/c1-5-14-20-16(11-10-15-8-6-7-9-15)17-12-13-18(21-17)19(2,3)4/h12-13,15-16,20H,5-11,14H2,1-4H3. The van der Waals surface area contributed by atoms with Crippen LogP contribution < -0.4 is 5.32 Å². The Labute approximate surface area is 135 Å². The molecule has 0 radical (unpaired) electrons. The molecule has 120 valence electrons. The second-order valence-corrected chi connectivity index (χ2v) is 8.80. The van der Waals surface area contributed by atoms with Crippen molar-refractivity contribution >= 4 is 11.3 Å². The second kappa shape index (κ2) is 7.78. The molecule has 21 heavy (non-hydrogen) atoms. The van der Waals surface area contributed by atoms with Gasteiger partial charge in [-0.3, -0.25) is 0 Å². The topological polar surface area (TPSA) is 12.0 Å². The molecule has 0 spiro atoms. The van der Waals surface area contributed by atoms with Gasteiger partial charge in [0.1, 0.15) is 0 Å². The predicted octanol–water partition coefficient (Wildman–Crippen LogP) is 6.06. The summed E-state index contributed by atoms with van der Waals surface area (Å²) < 4.78 is 0. The summed E-state index contributed by atoms with van der Waals surface area (Å²) in [6.07, 6.45) is 9.81. The molecule has 0 aromatic carbocycles. The summed E-state index contributed by atoms with van der Waals surface area (Å²) in [7, 11) is 0. The van der Waals surface area contributed by atoms with Crippen LogP contribution in [0.1, 0.15) is 88.4 Å². The van der Waals surface area contributed by atoms with E-state index in [9.17, 15) is 0 Å². The van der Waals surface area contributed by atoms with Crippen LogP contribution in [0.5, 0.6) is 0 Å². The average molecular weight is 308 g/mol. The summed E-state index contributed by atoms with van der Waals surface area (Å²) in [6.45, 7) is 10.3. The number of rotatable bonds is 7. The van der Waals surface area contributed by atoms with E-state index in [0.29, 0.717) is 6.04 Å². The van der Waals surface area contributed by atoms with Gasteiger partial charge in [-0.05, 0) is 49.3 Å². The molecule has 1 atom stereocenters. The Morgan fingerprint density at radius 3 is 2.52 bits per heavy atom. The van der Waals surface area contributed by atoms with Gasteiger partial charge in [-0.2, -0.15) is 0 Å². The second-order valence-electron chi connectivity index (χ2n) is 7.69. The first-order valence-electron chi connectivity index (χ1n) is 8.84. The number of nitrogens with one attached hydrogen (secondary N) is 1. The van der Waals surface area contributed by atoms with Gasteiger partial charge in [0.15, 0.2) is 0 Å². The van der Waals surface area contributed by atoms with E-state index in [1.165, 1.54) is 49.8 Å². The monoisotopic (exact) mass is 307 g/mol. The van der Waals surface area contributed by atoms with Gasteiger partial charge in [-0.15, -0.1) is 11.3 Å². The minimum absolute atomic E-state index is 0.281. The van der Waals surface area contributed by atoms with Crippen molar-refractivity contribution in [2.24, 2.45) is 5.92 Å². The van der Waals surface area contributed by atoms with Crippen molar-refractivity contribution in [3.63, 3.8) is 0 Å². The molecular weight excluding hydrogens is 274 g/mol. The van der Waals surface area contributed by atoms with E-state index in [-0.39, 0.29) is 5.41 Å². The summed E-state index contributed by atoms with van der Waals surface area (Å²) in [5.41, 5.74) is 0.281. The molecule has 1 fully saturated rings. The highest BCUT2D eigenvalue weighted by atomic mass is 32.1. The molecule has 1 saturated carbocycles. The van der Waals surface area contributed by atoms with Crippen LogP contribution in [0, 0.1) is 5.92 Å². The van der Waals surface area contributed by atoms with Gasteiger partial charge in [0.05, 0.1) is 0 Å². The molecule has 2 rings (SSSR count). The first-order chi connectivity index (χ1) is 10.0. The van der Waals surface area contributed by atoms with E-state index in [1.807, 2.05) is 11.3 Å². The highest BCUT2D eigenvalue weighted by Crippen LogP contribution is 2.36. The van der Waals surface area contributed by atoms with Crippen LogP contribution in [0.25, 0.3) is 0 Å². The molecule has 2 heteroatoms. The smallest absolute Gasteiger partial charge is 0.0414 e. The Balaban J connectivity index is 1.98. The van der Waals surface area contributed by atoms with Crippen molar-refractivity contribution in [2.75, 3.05) is 6.54 Å². The highest BCUT2D eigenvalue weighted by Gasteiger charge is 2.21. The zero-order chi connectivity index (χ0) is 15.3. The van der Waals surface area contributed by atoms with Crippen LogP contribution in [0.2, 0.25) is 0 Å². The summed E-state index contributed by atoms with van der Waals surface area (Å²) in [4.78, 5) is 3.06. The molecular formula is C19H33NS. The van der Waals surface area contributed by atoms with Crippen LogP contribution in [-0.4, -0.2) is 6.54 Å².